The first-order valence-corrected chi connectivity index (χ1v) is 7.74. The van der Waals surface area contributed by atoms with Crippen molar-refractivity contribution in [1.29, 1.82) is 0 Å². The summed E-state index contributed by atoms with van der Waals surface area (Å²) < 4.78 is 9.69. The van der Waals surface area contributed by atoms with Crippen LogP contribution < -0.4 is 0 Å². The molecule has 21 heavy (non-hydrogen) atoms. The van der Waals surface area contributed by atoms with Gasteiger partial charge < -0.3 is 9.47 Å². The molecule has 0 aliphatic rings. The third kappa shape index (κ3) is 8.39. The summed E-state index contributed by atoms with van der Waals surface area (Å²) in [5.41, 5.74) is -0.936. The third-order valence-electron chi connectivity index (χ3n) is 3.30. The summed E-state index contributed by atoms with van der Waals surface area (Å²) in [6, 6.07) is 0. The molecular formula is C17H28O4. The molecule has 0 amide bonds. The van der Waals surface area contributed by atoms with E-state index in [0.717, 1.165) is 19.3 Å². The highest BCUT2D eigenvalue weighted by molar-refractivity contribution is 5.81. The van der Waals surface area contributed by atoms with Gasteiger partial charge in [0, 0.05) is 12.8 Å². The van der Waals surface area contributed by atoms with Crippen LogP contribution in [0, 0.1) is 17.3 Å². The van der Waals surface area contributed by atoms with E-state index >= 15 is 0 Å². The van der Waals surface area contributed by atoms with E-state index in [-0.39, 0.29) is 18.4 Å². The van der Waals surface area contributed by atoms with E-state index in [1.165, 1.54) is 20.0 Å². The molecule has 0 bridgehead atoms. The molecule has 1 atom stereocenters. The molecule has 0 N–H and O–H groups in total. The van der Waals surface area contributed by atoms with E-state index in [4.69, 9.17) is 4.74 Å². The lowest BCUT2D eigenvalue weighted by Crippen LogP contribution is -2.29. The summed E-state index contributed by atoms with van der Waals surface area (Å²) in [6.07, 6.45) is 5.84. The lowest BCUT2D eigenvalue weighted by molar-refractivity contribution is -0.152. The Hall–Kier alpha value is -1.50. The van der Waals surface area contributed by atoms with E-state index < -0.39 is 5.41 Å². The summed E-state index contributed by atoms with van der Waals surface area (Å²) in [5, 5.41) is 0. The van der Waals surface area contributed by atoms with E-state index in [1.807, 2.05) is 0 Å². The first-order chi connectivity index (χ1) is 10.00. The maximum absolute atomic E-state index is 12.1. The Labute approximate surface area is 128 Å². The maximum atomic E-state index is 12.1. The summed E-state index contributed by atoms with van der Waals surface area (Å²) in [7, 11) is 1.34. The van der Waals surface area contributed by atoms with Crippen LogP contribution in [0.5, 0.6) is 0 Å². The van der Waals surface area contributed by atoms with Crippen LogP contribution in [0.1, 0.15) is 65.7 Å². The van der Waals surface area contributed by atoms with Crippen LogP contribution in [0.4, 0.5) is 0 Å². The molecule has 0 aliphatic carbocycles. The van der Waals surface area contributed by atoms with Gasteiger partial charge in [0.25, 0.3) is 0 Å². The van der Waals surface area contributed by atoms with Crippen molar-refractivity contribution in [3.63, 3.8) is 0 Å². The predicted molar refractivity (Wildman–Crippen MR) is 82.5 cm³/mol. The van der Waals surface area contributed by atoms with Crippen molar-refractivity contribution in [3.8, 4) is 11.8 Å². The number of carbonyl (C=O) groups excluding carboxylic acids is 2. The minimum absolute atomic E-state index is 0.163. The van der Waals surface area contributed by atoms with Crippen LogP contribution in [0.25, 0.3) is 0 Å². The molecular weight excluding hydrogens is 268 g/mol. The highest BCUT2D eigenvalue weighted by Gasteiger charge is 2.33. The summed E-state index contributed by atoms with van der Waals surface area (Å²) >= 11 is 0. The summed E-state index contributed by atoms with van der Waals surface area (Å²) in [6.45, 7) is 5.96. The van der Waals surface area contributed by atoms with Crippen LogP contribution in [0.2, 0.25) is 0 Å². The number of hydrogen-bond acceptors (Lipinski definition) is 4. The summed E-state index contributed by atoms with van der Waals surface area (Å²) in [4.78, 5) is 23.3. The Morgan fingerprint density at radius 3 is 2.43 bits per heavy atom. The van der Waals surface area contributed by atoms with Gasteiger partial charge in [-0.3, -0.25) is 9.59 Å². The van der Waals surface area contributed by atoms with Gasteiger partial charge in [-0.25, -0.2) is 0 Å². The highest BCUT2D eigenvalue weighted by atomic mass is 16.5. The van der Waals surface area contributed by atoms with Gasteiger partial charge in [-0.05, 0) is 26.7 Å². The molecule has 0 radical (unpaired) electrons. The molecule has 0 heterocycles. The number of methoxy groups -OCH3 is 1. The average molecular weight is 296 g/mol. The van der Waals surface area contributed by atoms with E-state index in [1.54, 1.807) is 13.8 Å². The molecule has 0 saturated carbocycles. The molecule has 0 aromatic heterocycles. The van der Waals surface area contributed by atoms with Crippen molar-refractivity contribution in [2.45, 2.75) is 65.7 Å². The zero-order valence-corrected chi connectivity index (χ0v) is 13.8. The predicted octanol–water partition coefficient (Wildman–Crippen LogP) is 3.48. The molecule has 1 unspecified atom stereocenters. The number of esters is 2. The Morgan fingerprint density at radius 2 is 1.86 bits per heavy atom. The molecule has 0 fully saturated rings. The number of rotatable bonds is 9. The van der Waals surface area contributed by atoms with Gasteiger partial charge in [-0.2, -0.15) is 0 Å². The van der Waals surface area contributed by atoms with Crippen LogP contribution >= 0.6 is 0 Å². The number of unbranched alkanes of at least 4 members (excludes halogenated alkanes) is 4. The minimum Gasteiger partial charge on any atom is -0.469 e. The van der Waals surface area contributed by atoms with Gasteiger partial charge in [0.15, 0.2) is 0 Å². The van der Waals surface area contributed by atoms with Crippen molar-refractivity contribution >= 4 is 11.9 Å². The fraction of sp³-hybridized carbons (Fsp3) is 0.765. The highest BCUT2D eigenvalue weighted by Crippen LogP contribution is 2.25. The Bertz CT molecular complexity index is 378. The molecule has 0 spiro atoms. The second-order valence-corrected chi connectivity index (χ2v) is 5.24. The lowest BCUT2D eigenvalue weighted by Gasteiger charge is -2.20. The molecule has 0 aliphatic heterocycles. The molecule has 0 rings (SSSR count). The smallest absolute Gasteiger partial charge is 0.323 e. The quantitative estimate of drug-likeness (QED) is 0.371. The van der Waals surface area contributed by atoms with Crippen molar-refractivity contribution in [2.24, 2.45) is 5.41 Å². The fourth-order valence-corrected chi connectivity index (χ4v) is 1.86. The monoisotopic (exact) mass is 296 g/mol. The van der Waals surface area contributed by atoms with Gasteiger partial charge in [0.1, 0.15) is 5.41 Å². The van der Waals surface area contributed by atoms with Crippen LogP contribution in [-0.2, 0) is 19.1 Å². The third-order valence-corrected chi connectivity index (χ3v) is 3.30. The van der Waals surface area contributed by atoms with Gasteiger partial charge in [-0.15, -0.1) is 5.92 Å². The Kier molecular flexibility index (Phi) is 10.4. The zero-order valence-electron chi connectivity index (χ0n) is 13.8. The number of ether oxygens (including phenoxy) is 2. The molecule has 120 valence electrons. The fourth-order valence-electron chi connectivity index (χ4n) is 1.86. The largest absolute Gasteiger partial charge is 0.469 e. The first-order valence-electron chi connectivity index (χ1n) is 7.74. The van der Waals surface area contributed by atoms with Crippen molar-refractivity contribution in [2.75, 3.05) is 13.7 Å². The lowest BCUT2D eigenvalue weighted by atomic mass is 9.86. The van der Waals surface area contributed by atoms with Gasteiger partial charge in [0.2, 0.25) is 0 Å². The summed E-state index contributed by atoms with van der Waals surface area (Å²) in [5.74, 6) is 5.36. The van der Waals surface area contributed by atoms with Crippen LogP contribution in [0.15, 0.2) is 0 Å². The SMILES string of the molecule is CCCCCCC#CC(C)(CCC(=O)OC)C(=O)OCC. The second-order valence-electron chi connectivity index (χ2n) is 5.24. The van der Waals surface area contributed by atoms with Crippen molar-refractivity contribution < 1.29 is 19.1 Å². The van der Waals surface area contributed by atoms with Crippen molar-refractivity contribution in [1.82, 2.24) is 0 Å². The van der Waals surface area contributed by atoms with Gasteiger partial charge in [-0.1, -0.05) is 32.1 Å². The van der Waals surface area contributed by atoms with E-state index in [9.17, 15) is 9.59 Å². The molecule has 0 saturated heterocycles. The molecule has 4 heteroatoms. The topological polar surface area (TPSA) is 52.6 Å². The van der Waals surface area contributed by atoms with Gasteiger partial charge >= 0.3 is 11.9 Å². The average Bonchev–Trinajstić information content (AvgIpc) is 2.48. The normalized spacial score (nSPS) is 12.8. The number of carbonyl (C=O) groups is 2. The molecule has 4 nitrogen and oxygen atoms in total. The van der Waals surface area contributed by atoms with Gasteiger partial charge in [0.05, 0.1) is 13.7 Å². The Balaban J connectivity index is 4.61. The standard InChI is InChI=1S/C17H28O4/c1-5-7-8-9-10-11-13-17(3,16(19)21-6-2)14-12-15(18)20-4/h5-10,12,14H2,1-4H3. The number of hydrogen-bond donors (Lipinski definition) is 0. The Morgan fingerprint density at radius 1 is 1.14 bits per heavy atom. The van der Waals surface area contributed by atoms with Crippen LogP contribution in [-0.4, -0.2) is 25.7 Å². The first kappa shape index (κ1) is 19.5. The van der Waals surface area contributed by atoms with E-state index in [2.05, 4.69) is 23.5 Å². The molecule has 0 aromatic carbocycles. The minimum atomic E-state index is -0.936. The van der Waals surface area contributed by atoms with Crippen LogP contribution in [0.3, 0.4) is 0 Å². The zero-order chi connectivity index (χ0) is 16.1. The van der Waals surface area contributed by atoms with E-state index in [0.29, 0.717) is 13.0 Å². The van der Waals surface area contributed by atoms with Crippen molar-refractivity contribution in [3.05, 3.63) is 0 Å². The maximum Gasteiger partial charge on any atom is 0.323 e. The molecule has 0 aromatic rings. The second kappa shape index (κ2) is 11.2.